The van der Waals surface area contributed by atoms with Gasteiger partial charge in [0.25, 0.3) is 0 Å². The highest BCUT2D eigenvalue weighted by molar-refractivity contribution is 5.39. The predicted octanol–water partition coefficient (Wildman–Crippen LogP) is 2.53. The highest BCUT2D eigenvalue weighted by atomic mass is 15.3. The number of hydrogen-bond donors (Lipinski definition) is 1. The average molecular weight is 262 g/mol. The van der Waals surface area contributed by atoms with Crippen LogP contribution in [0.4, 0.5) is 5.82 Å². The third kappa shape index (κ3) is 3.66. The molecule has 2 heterocycles. The third-order valence-corrected chi connectivity index (χ3v) is 3.92. The first-order valence-corrected chi connectivity index (χ1v) is 7.52. The summed E-state index contributed by atoms with van der Waals surface area (Å²) in [5.41, 5.74) is 0.981. The topological polar surface area (TPSA) is 41.0 Å². The Morgan fingerprint density at radius 3 is 2.89 bits per heavy atom. The first-order valence-electron chi connectivity index (χ1n) is 7.52. The quantitative estimate of drug-likeness (QED) is 0.885. The van der Waals surface area contributed by atoms with Crippen molar-refractivity contribution < 1.29 is 0 Å². The lowest BCUT2D eigenvalue weighted by atomic mass is 9.96. The van der Waals surface area contributed by atoms with Gasteiger partial charge in [-0.15, -0.1) is 5.10 Å². The second-order valence-corrected chi connectivity index (χ2v) is 5.53. The van der Waals surface area contributed by atoms with E-state index in [-0.39, 0.29) is 0 Å². The number of nitrogens with zero attached hydrogens (tertiary/aromatic N) is 3. The Kier molecular flexibility index (Phi) is 5.14. The molecule has 19 heavy (non-hydrogen) atoms. The van der Waals surface area contributed by atoms with Gasteiger partial charge in [-0.25, -0.2) is 0 Å². The number of aryl methyl sites for hydroxylation is 1. The van der Waals surface area contributed by atoms with Crippen LogP contribution in [0.25, 0.3) is 0 Å². The minimum absolute atomic E-state index is 0.503. The number of piperidine rings is 1. The minimum Gasteiger partial charge on any atom is -0.351 e. The van der Waals surface area contributed by atoms with Crippen molar-refractivity contribution in [3.8, 4) is 0 Å². The standard InChI is InChI=1S/C15H26N4/c1-4-10-16-13(3)14-7-5-6-11-19(14)15-9-8-12(2)17-18-15/h8-9,13-14,16H,4-7,10-11H2,1-3H3. The van der Waals surface area contributed by atoms with E-state index in [1.54, 1.807) is 0 Å². The van der Waals surface area contributed by atoms with E-state index >= 15 is 0 Å². The molecule has 0 saturated carbocycles. The normalized spacial score (nSPS) is 21.4. The number of hydrogen-bond acceptors (Lipinski definition) is 4. The van der Waals surface area contributed by atoms with E-state index in [9.17, 15) is 0 Å². The van der Waals surface area contributed by atoms with Crippen molar-refractivity contribution in [1.29, 1.82) is 0 Å². The maximum Gasteiger partial charge on any atom is 0.151 e. The fourth-order valence-electron chi connectivity index (χ4n) is 2.81. The van der Waals surface area contributed by atoms with E-state index in [0.717, 1.165) is 24.6 Å². The Hall–Kier alpha value is -1.16. The zero-order chi connectivity index (χ0) is 13.7. The smallest absolute Gasteiger partial charge is 0.151 e. The highest BCUT2D eigenvalue weighted by Crippen LogP contribution is 2.24. The monoisotopic (exact) mass is 262 g/mol. The van der Waals surface area contributed by atoms with E-state index in [4.69, 9.17) is 0 Å². The molecule has 2 rings (SSSR count). The molecular formula is C15H26N4. The van der Waals surface area contributed by atoms with Gasteiger partial charge in [-0.1, -0.05) is 6.92 Å². The van der Waals surface area contributed by atoms with E-state index in [0.29, 0.717) is 12.1 Å². The van der Waals surface area contributed by atoms with E-state index in [2.05, 4.69) is 46.4 Å². The van der Waals surface area contributed by atoms with Gasteiger partial charge in [-0.3, -0.25) is 0 Å². The molecule has 0 aromatic carbocycles. The van der Waals surface area contributed by atoms with Crippen molar-refractivity contribution in [2.75, 3.05) is 18.0 Å². The molecule has 1 aliphatic heterocycles. The summed E-state index contributed by atoms with van der Waals surface area (Å²) in [6.45, 7) is 8.67. The molecule has 0 bridgehead atoms. The van der Waals surface area contributed by atoms with Crippen molar-refractivity contribution in [3.05, 3.63) is 17.8 Å². The van der Waals surface area contributed by atoms with Gasteiger partial charge >= 0.3 is 0 Å². The van der Waals surface area contributed by atoms with Crippen molar-refractivity contribution >= 4 is 5.82 Å². The fraction of sp³-hybridized carbons (Fsp3) is 0.733. The van der Waals surface area contributed by atoms with Crippen LogP contribution in [0.3, 0.4) is 0 Å². The minimum atomic E-state index is 0.503. The Balaban J connectivity index is 2.08. The number of aromatic nitrogens is 2. The molecule has 0 amide bonds. The first-order chi connectivity index (χ1) is 9.22. The molecule has 4 heteroatoms. The second-order valence-electron chi connectivity index (χ2n) is 5.53. The van der Waals surface area contributed by atoms with Gasteiger partial charge in [-0.05, 0) is 58.2 Å². The van der Waals surface area contributed by atoms with Gasteiger partial charge in [0.15, 0.2) is 5.82 Å². The van der Waals surface area contributed by atoms with Crippen molar-refractivity contribution in [1.82, 2.24) is 15.5 Å². The molecule has 1 aliphatic rings. The molecule has 4 nitrogen and oxygen atoms in total. The zero-order valence-electron chi connectivity index (χ0n) is 12.4. The van der Waals surface area contributed by atoms with Crippen LogP contribution in [0, 0.1) is 6.92 Å². The van der Waals surface area contributed by atoms with Crippen LogP contribution in [0.15, 0.2) is 12.1 Å². The molecule has 0 aliphatic carbocycles. The van der Waals surface area contributed by atoms with Crippen LogP contribution >= 0.6 is 0 Å². The molecular weight excluding hydrogens is 236 g/mol. The molecule has 1 aromatic rings. The van der Waals surface area contributed by atoms with Crippen molar-refractivity contribution in [2.24, 2.45) is 0 Å². The van der Waals surface area contributed by atoms with Crippen LogP contribution in [0.1, 0.15) is 45.2 Å². The van der Waals surface area contributed by atoms with Crippen LogP contribution in [0.5, 0.6) is 0 Å². The molecule has 1 saturated heterocycles. The molecule has 0 radical (unpaired) electrons. The van der Waals surface area contributed by atoms with Crippen LogP contribution in [-0.2, 0) is 0 Å². The van der Waals surface area contributed by atoms with Gasteiger partial charge in [0, 0.05) is 18.6 Å². The van der Waals surface area contributed by atoms with Crippen LogP contribution in [0.2, 0.25) is 0 Å². The van der Waals surface area contributed by atoms with E-state index < -0.39 is 0 Å². The second kappa shape index (κ2) is 6.85. The van der Waals surface area contributed by atoms with Crippen LogP contribution < -0.4 is 10.2 Å². The molecule has 0 spiro atoms. The van der Waals surface area contributed by atoms with Crippen molar-refractivity contribution in [2.45, 2.75) is 58.5 Å². The number of nitrogens with one attached hydrogen (secondary N) is 1. The lowest BCUT2D eigenvalue weighted by Gasteiger charge is -2.40. The van der Waals surface area contributed by atoms with Gasteiger partial charge in [0.2, 0.25) is 0 Å². The Bertz CT molecular complexity index is 376. The maximum atomic E-state index is 4.36. The largest absolute Gasteiger partial charge is 0.351 e. The molecule has 2 unspecified atom stereocenters. The summed E-state index contributed by atoms with van der Waals surface area (Å²) in [4.78, 5) is 2.43. The van der Waals surface area contributed by atoms with Crippen molar-refractivity contribution in [3.63, 3.8) is 0 Å². The molecule has 1 aromatic heterocycles. The fourth-order valence-corrected chi connectivity index (χ4v) is 2.81. The number of anilines is 1. The number of rotatable bonds is 5. The maximum absolute atomic E-state index is 4.36. The average Bonchev–Trinajstić information content (AvgIpc) is 2.45. The van der Waals surface area contributed by atoms with Crippen LogP contribution in [-0.4, -0.2) is 35.4 Å². The summed E-state index contributed by atoms with van der Waals surface area (Å²) in [5, 5.41) is 12.2. The van der Waals surface area contributed by atoms with Gasteiger partial charge in [0.1, 0.15) is 0 Å². The van der Waals surface area contributed by atoms with Gasteiger partial charge in [-0.2, -0.15) is 5.10 Å². The molecule has 1 N–H and O–H groups in total. The molecule has 1 fully saturated rings. The van der Waals surface area contributed by atoms with Gasteiger partial charge in [0.05, 0.1) is 5.69 Å². The Morgan fingerprint density at radius 2 is 2.21 bits per heavy atom. The molecule has 2 atom stereocenters. The zero-order valence-corrected chi connectivity index (χ0v) is 12.4. The summed E-state index contributed by atoms with van der Waals surface area (Å²) in [5.74, 6) is 1.03. The lowest BCUT2D eigenvalue weighted by molar-refractivity contribution is 0.365. The Labute approximate surface area is 116 Å². The first kappa shape index (κ1) is 14.3. The predicted molar refractivity (Wildman–Crippen MR) is 79.5 cm³/mol. The summed E-state index contributed by atoms with van der Waals surface area (Å²) in [6, 6.07) is 5.20. The van der Waals surface area contributed by atoms with Gasteiger partial charge < -0.3 is 10.2 Å². The summed E-state index contributed by atoms with van der Waals surface area (Å²) >= 11 is 0. The lowest BCUT2D eigenvalue weighted by Crippen LogP contribution is -2.51. The summed E-state index contributed by atoms with van der Waals surface area (Å²) in [6.07, 6.45) is 5.00. The van der Waals surface area contributed by atoms with E-state index in [1.807, 2.05) is 6.92 Å². The summed E-state index contributed by atoms with van der Waals surface area (Å²) in [7, 11) is 0. The summed E-state index contributed by atoms with van der Waals surface area (Å²) < 4.78 is 0. The highest BCUT2D eigenvalue weighted by Gasteiger charge is 2.28. The van der Waals surface area contributed by atoms with E-state index in [1.165, 1.54) is 25.7 Å². The Morgan fingerprint density at radius 1 is 1.37 bits per heavy atom. The third-order valence-electron chi connectivity index (χ3n) is 3.92. The SMILES string of the molecule is CCCNC(C)C1CCCCN1c1ccc(C)nn1. The molecule has 106 valence electrons.